The van der Waals surface area contributed by atoms with Crippen LogP contribution in [-0.2, 0) is 6.42 Å². The molecule has 3 atom stereocenters. The first-order valence-electron chi connectivity index (χ1n) is 11.0. The highest BCUT2D eigenvalue weighted by atomic mass is 35.5. The van der Waals surface area contributed by atoms with Crippen molar-refractivity contribution in [2.24, 2.45) is 11.8 Å². The van der Waals surface area contributed by atoms with Crippen molar-refractivity contribution in [3.63, 3.8) is 0 Å². The summed E-state index contributed by atoms with van der Waals surface area (Å²) in [5.74, 6) is 1.06. The van der Waals surface area contributed by atoms with Gasteiger partial charge in [-0.05, 0) is 48.4 Å². The molecule has 6 nitrogen and oxygen atoms in total. The van der Waals surface area contributed by atoms with Crippen LogP contribution in [-0.4, -0.2) is 24.4 Å². The van der Waals surface area contributed by atoms with Crippen LogP contribution >= 0.6 is 11.6 Å². The van der Waals surface area contributed by atoms with E-state index in [2.05, 4.69) is 31.0 Å². The minimum absolute atomic E-state index is 0.0839. The van der Waals surface area contributed by atoms with Gasteiger partial charge in [0.15, 0.2) is 11.2 Å². The van der Waals surface area contributed by atoms with Crippen LogP contribution in [0.1, 0.15) is 51.8 Å². The number of rotatable bonds is 3. The van der Waals surface area contributed by atoms with Crippen LogP contribution in [0.15, 0.2) is 41.3 Å². The van der Waals surface area contributed by atoms with Gasteiger partial charge >= 0.3 is 0 Å². The molecule has 0 unspecified atom stereocenters. The molecule has 1 saturated carbocycles. The molecule has 1 aliphatic carbocycles. The van der Waals surface area contributed by atoms with E-state index in [9.17, 15) is 4.79 Å². The minimum atomic E-state index is -0.0839. The topological polar surface area (TPSA) is 65.1 Å². The number of hydrogen-bond acceptors (Lipinski definition) is 4. The molecule has 0 saturated heterocycles. The van der Waals surface area contributed by atoms with Gasteiger partial charge in [-0.25, -0.2) is 4.52 Å². The van der Waals surface area contributed by atoms with E-state index in [-0.39, 0.29) is 11.6 Å². The first-order chi connectivity index (χ1) is 15.0. The summed E-state index contributed by atoms with van der Waals surface area (Å²) < 4.78 is 3.64. The number of benzene rings is 1. The second-order valence-electron chi connectivity index (χ2n) is 8.71. The van der Waals surface area contributed by atoms with E-state index >= 15 is 0 Å². The lowest BCUT2D eigenvalue weighted by atomic mass is 9.78. The normalized spacial score (nSPS) is 21.7. The van der Waals surface area contributed by atoms with Crippen LogP contribution in [0.2, 0.25) is 5.02 Å². The summed E-state index contributed by atoms with van der Waals surface area (Å²) in [5.41, 5.74) is 4.48. The van der Waals surface area contributed by atoms with Gasteiger partial charge in [-0.3, -0.25) is 4.79 Å². The molecule has 5 rings (SSSR count). The molecule has 0 aliphatic heterocycles. The van der Waals surface area contributed by atoms with Crippen LogP contribution in [0, 0.1) is 11.8 Å². The van der Waals surface area contributed by atoms with Gasteiger partial charge in [0.05, 0.1) is 11.3 Å². The second-order valence-corrected chi connectivity index (χ2v) is 9.15. The summed E-state index contributed by atoms with van der Waals surface area (Å²) in [4.78, 5) is 13.4. The fourth-order valence-electron chi connectivity index (χ4n) is 4.97. The Morgan fingerprint density at radius 1 is 1.10 bits per heavy atom. The molecule has 0 bridgehead atoms. The highest BCUT2D eigenvalue weighted by molar-refractivity contribution is 6.30. The quantitative estimate of drug-likeness (QED) is 0.437. The van der Waals surface area contributed by atoms with E-state index in [0.717, 1.165) is 36.1 Å². The molecule has 1 fully saturated rings. The van der Waals surface area contributed by atoms with Crippen molar-refractivity contribution in [1.82, 2.24) is 24.4 Å². The molecule has 3 heterocycles. The molecule has 1 aromatic carbocycles. The highest BCUT2D eigenvalue weighted by Crippen LogP contribution is 2.37. The Morgan fingerprint density at radius 3 is 2.61 bits per heavy atom. The van der Waals surface area contributed by atoms with E-state index in [4.69, 9.17) is 16.7 Å². The van der Waals surface area contributed by atoms with E-state index in [1.54, 1.807) is 4.52 Å². The standard InChI is InChI=1S/C24H26ClN5O/c1-4-18-21(16-8-10-17(25)11-9-16)23-27-26-22-20(30(23)28-18)12-13-29(24(22)31)19-7-5-6-14(2)15(19)3/h8-15,19H,4-7H2,1-3H3/t14-,15-,19-/m0/s1. The van der Waals surface area contributed by atoms with Gasteiger partial charge < -0.3 is 4.57 Å². The molecule has 7 heteroatoms. The van der Waals surface area contributed by atoms with Gasteiger partial charge in [-0.15, -0.1) is 10.2 Å². The monoisotopic (exact) mass is 435 g/mol. The zero-order chi connectivity index (χ0) is 21.7. The van der Waals surface area contributed by atoms with Gasteiger partial charge in [0.1, 0.15) is 5.52 Å². The zero-order valence-corrected chi connectivity index (χ0v) is 18.8. The van der Waals surface area contributed by atoms with Gasteiger partial charge in [0, 0.05) is 17.3 Å². The molecule has 3 aromatic heterocycles. The number of hydrogen-bond donors (Lipinski definition) is 0. The Labute approximate surface area is 185 Å². The Morgan fingerprint density at radius 2 is 1.87 bits per heavy atom. The Hall–Kier alpha value is -2.73. The van der Waals surface area contributed by atoms with Crippen LogP contribution in [0.4, 0.5) is 0 Å². The first kappa shape index (κ1) is 20.2. The molecular weight excluding hydrogens is 410 g/mol. The van der Waals surface area contributed by atoms with Crippen molar-refractivity contribution in [2.75, 3.05) is 0 Å². The average molecular weight is 436 g/mol. The minimum Gasteiger partial charge on any atom is -0.310 e. The summed E-state index contributed by atoms with van der Waals surface area (Å²) in [6.07, 6.45) is 6.06. The van der Waals surface area contributed by atoms with Crippen LogP contribution in [0.3, 0.4) is 0 Å². The molecule has 0 N–H and O–H groups in total. The first-order valence-corrected chi connectivity index (χ1v) is 11.4. The molecule has 160 valence electrons. The van der Waals surface area contributed by atoms with Gasteiger partial charge in [0.2, 0.25) is 0 Å². The average Bonchev–Trinajstić information content (AvgIpc) is 3.16. The lowest BCUT2D eigenvalue weighted by Crippen LogP contribution is -2.34. The fraction of sp³-hybridized carbons (Fsp3) is 0.417. The van der Waals surface area contributed by atoms with E-state index in [0.29, 0.717) is 33.5 Å². The van der Waals surface area contributed by atoms with Gasteiger partial charge in [-0.1, -0.05) is 57.3 Å². The third-order valence-corrected chi connectivity index (χ3v) is 7.22. The Bertz CT molecular complexity index is 1320. The molecule has 0 radical (unpaired) electrons. The molecular formula is C24H26ClN5O. The van der Waals surface area contributed by atoms with Crippen LogP contribution in [0.5, 0.6) is 0 Å². The Kier molecular flexibility index (Phi) is 5.05. The summed E-state index contributed by atoms with van der Waals surface area (Å²) in [5, 5.41) is 14.3. The number of halogens is 1. The van der Waals surface area contributed by atoms with E-state index in [1.807, 2.05) is 41.1 Å². The van der Waals surface area contributed by atoms with Crippen molar-refractivity contribution in [3.8, 4) is 11.1 Å². The van der Waals surface area contributed by atoms with Crippen LogP contribution in [0.25, 0.3) is 27.8 Å². The van der Waals surface area contributed by atoms with E-state index in [1.165, 1.54) is 6.42 Å². The summed E-state index contributed by atoms with van der Waals surface area (Å²) in [7, 11) is 0. The number of aromatic nitrogens is 5. The van der Waals surface area contributed by atoms with Crippen molar-refractivity contribution in [2.45, 2.75) is 52.5 Å². The maximum Gasteiger partial charge on any atom is 0.280 e. The van der Waals surface area contributed by atoms with Crippen molar-refractivity contribution in [3.05, 3.63) is 57.6 Å². The van der Waals surface area contributed by atoms with Gasteiger partial charge in [-0.2, -0.15) is 5.10 Å². The number of pyridine rings is 1. The SMILES string of the molecule is CCc1nn2c(nnc3c(=O)n([C@H]4CCC[C@H](C)[C@@H]4C)ccc32)c1-c1ccc(Cl)cc1. The van der Waals surface area contributed by atoms with E-state index < -0.39 is 0 Å². The maximum atomic E-state index is 13.4. The highest BCUT2D eigenvalue weighted by Gasteiger charge is 2.29. The molecule has 0 spiro atoms. The number of nitrogens with zero attached hydrogens (tertiary/aromatic N) is 5. The predicted molar refractivity (Wildman–Crippen MR) is 124 cm³/mol. The molecule has 0 amide bonds. The Balaban J connectivity index is 1.70. The van der Waals surface area contributed by atoms with Crippen LogP contribution < -0.4 is 5.56 Å². The van der Waals surface area contributed by atoms with Gasteiger partial charge in [0.25, 0.3) is 5.56 Å². The molecule has 1 aliphatic rings. The smallest absolute Gasteiger partial charge is 0.280 e. The number of aryl methyl sites for hydroxylation is 1. The zero-order valence-electron chi connectivity index (χ0n) is 18.0. The van der Waals surface area contributed by atoms with Crippen molar-refractivity contribution in [1.29, 1.82) is 0 Å². The third kappa shape index (κ3) is 3.24. The molecule has 31 heavy (non-hydrogen) atoms. The lowest BCUT2D eigenvalue weighted by molar-refractivity contribution is 0.183. The fourth-order valence-corrected chi connectivity index (χ4v) is 5.10. The second kappa shape index (κ2) is 7.75. The predicted octanol–water partition coefficient (Wildman–Crippen LogP) is 5.32. The number of fused-ring (bicyclic) bond motifs is 3. The molecule has 4 aromatic rings. The maximum absolute atomic E-state index is 13.4. The summed E-state index contributed by atoms with van der Waals surface area (Å²) >= 11 is 6.07. The summed E-state index contributed by atoms with van der Waals surface area (Å²) in [6.45, 7) is 6.59. The lowest BCUT2D eigenvalue weighted by Gasteiger charge is -2.35. The van der Waals surface area contributed by atoms with Crippen molar-refractivity contribution < 1.29 is 0 Å². The largest absolute Gasteiger partial charge is 0.310 e. The third-order valence-electron chi connectivity index (χ3n) is 6.97. The van der Waals surface area contributed by atoms with Crippen molar-refractivity contribution >= 4 is 28.3 Å². The summed E-state index contributed by atoms with van der Waals surface area (Å²) in [6, 6.07) is 9.81.